The lowest BCUT2D eigenvalue weighted by Crippen LogP contribution is -2.48. The molecule has 2 heterocycles. The van der Waals surface area contributed by atoms with Crippen molar-refractivity contribution in [1.29, 1.82) is 0 Å². The Morgan fingerprint density at radius 2 is 1.41 bits per heavy atom. The highest BCUT2D eigenvalue weighted by molar-refractivity contribution is 5.94. The SMILES string of the molecule is O=C(c1ccncc1)N1CCN(c2ccc(Oc3ccccc3)cc2)CC1. The van der Waals surface area contributed by atoms with Crippen LogP contribution in [0.2, 0.25) is 0 Å². The van der Waals surface area contributed by atoms with Crippen molar-refractivity contribution < 1.29 is 9.53 Å². The number of pyridine rings is 1. The molecule has 1 amide bonds. The summed E-state index contributed by atoms with van der Waals surface area (Å²) in [7, 11) is 0. The fourth-order valence-electron chi connectivity index (χ4n) is 3.19. The van der Waals surface area contributed by atoms with Gasteiger partial charge in [-0.25, -0.2) is 0 Å². The van der Waals surface area contributed by atoms with E-state index in [2.05, 4.69) is 22.0 Å². The van der Waals surface area contributed by atoms with Crippen LogP contribution in [0.25, 0.3) is 0 Å². The fourth-order valence-corrected chi connectivity index (χ4v) is 3.19. The molecule has 1 saturated heterocycles. The molecule has 1 fully saturated rings. The summed E-state index contributed by atoms with van der Waals surface area (Å²) in [6, 6.07) is 21.4. The number of ether oxygens (including phenoxy) is 1. The number of hydrogen-bond donors (Lipinski definition) is 0. The molecule has 0 unspecified atom stereocenters. The predicted molar refractivity (Wildman–Crippen MR) is 105 cm³/mol. The van der Waals surface area contributed by atoms with Crippen molar-refractivity contribution in [3.05, 3.63) is 84.7 Å². The van der Waals surface area contributed by atoms with Gasteiger partial charge in [0.2, 0.25) is 0 Å². The second-order valence-electron chi connectivity index (χ2n) is 6.42. The van der Waals surface area contributed by atoms with Crippen LogP contribution in [0.4, 0.5) is 5.69 Å². The molecule has 0 spiro atoms. The molecule has 2 aromatic carbocycles. The number of para-hydroxylation sites is 1. The number of rotatable bonds is 4. The minimum Gasteiger partial charge on any atom is -0.457 e. The summed E-state index contributed by atoms with van der Waals surface area (Å²) in [6.45, 7) is 3.05. The first-order valence-corrected chi connectivity index (χ1v) is 9.07. The van der Waals surface area contributed by atoms with Crippen molar-refractivity contribution in [2.24, 2.45) is 0 Å². The molecule has 0 atom stereocenters. The first-order valence-electron chi connectivity index (χ1n) is 9.07. The lowest BCUT2D eigenvalue weighted by atomic mass is 10.2. The summed E-state index contributed by atoms with van der Waals surface area (Å²) in [5.74, 6) is 1.72. The maximum Gasteiger partial charge on any atom is 0.254 e. The van der Waals surface area contributed by atoms with Crippen molar-refractivity contribution >= 4 is 11.6 Å². The standard InChI is InChI=1S/C22H21N3O2/c26-22(18-10-12-23-13-11-18)25-16-14-24(15-17-25)19-6-8-21(9-7-19)27-20-4-2-1-3-5-20/h1-13H,14-17H2. The van der Waals surface area contributed by atoms with Crippen molar-refractivity contribution in [3.8, 4) is 11.5 Å². The van der Waals surface area contributed by atoms with Gasteiger partial charge in [0.05, 0.1) is 0 Å². The Morgan fingerprint density at radius 1 is 0.778 bits per heavy atom. The molecule has 1 aliphatic rings. The molecule has 27 heavy (non-hydrogen) atoms. The van der Waals surface area contributed by atoms with Crippen molar-refractivity contribution in [2.75, 3.05) is 31.1 Å². The first kappa shape index (κ1) is 17.1. The highest BCUT2D eigenvalue weighted by Crippen LogP contribution is 2.25. The molecule has 1 aliphatic heterocycles. The van der Waals surface area contributed by atoms with E-state index >= 15 is 0 Å². The van der Waals surface area contributed by atoms with Gasteiger partial charge in [-0.1, -0.05) is 18.2 Å². The minimum absolute atomic E-state index is 0.0728. The average molecular weight is 359 g/mol. The number of benzene rings is 2. The fraction of sp³-hybridized carbons (Fsp3) is 0.182. The Hall–Kier alpha value is -3.34. The van der Waals surface area contributed by atoms with E-state index in [0.717, 1.165) is 30.3 Å². The number of carbonyl (C=O) groups is 1. The number of carbonyl (C=O) groups excluding carboxylic acids is 1. The third-order valence-electron chi connectivity index (χ3n) is 4.67. The maximum atomic E-state index is 12.5. The lowest BCUT2D eigenvalue weighted by Gasteiger charge is -2.36. The van der Waals surface area contributed by atoms with E-state index in [1.54, 1.807) is 24.5 Å². The number of piperazine rings is 1. The van der Waals surface area contributed by atoms with Gasteiger partial charge in [0.25, 0.3) is 5.91 Å². The van der Waals surface area contributed by atoms with Gasteiger partial charge in [0, 0.05) is 49.8 Å². The van der Waals surface area contributed by atoms with Gasteiger partial charge in [-0.3, -0.25) is 9.78 Å². The number of anilines is 1. The zero-order valence-corrected chi connectivity index (χ0v) is 15.0. The van der Waals surface area contributed by atoms with Crippen molar-refractivity contribution in [3.63, 3.8) is 0 Å². The van der Waals surface area contributed by atoms with Gasteiger partial charge >= 0.3 is 0 Å². The van der Waals surface area contributed by atoms with E-state index in [0.29, 0.717) is 18.7 Å². The van der Waals surface area contributed by atoms with Crippen LogP contribution in [0.15, 0.2) is 79.1 Å². The summed E-state index contributed by atoms with van der Waals surface area (Å²) >= 11 is 0. The first-order chi connectivity index (χ1) is 13.3. The molecule has 0 N–H and O–H groups in total. The normalized spacial score (nSPS) is 14.1. The molecule has 1 aromatic heterocycles. The van der Waals surface area contributed by atoms with Gasteiger partial charge in [-0.05, 0) is 48.5 Å². The molecule has 0 aliphatic carbocycles. The average Bonchev–Trinajstić information content (AvgIpc) is 2.75. The van der Waals surface area contributed by atoms with E-state index in [1.165, 1.54) is 0 Å². The summed E-state index contributed by atoms with van der Waals surface area (Å²) in [6.07, 6.45) is 3.31. The van der Waals surface area contributed by atoms with Gasteiger partial charge in [0.1, 0.15) is 11.5 Å². The Kier molecular flexibility index (Phi) is 5.01. The molecular formula is C22H21N3O2. The van der Waals surface area contributed by atoms with Crippen LogP contribution in [0, 0.1) is 0 Å². The third kappa shape index (κ3) is 4.08. The second kappa shape index (κ2) is 7.91. The van der Waals surface area contributed by atoms with Gasteiger partial charge in [0.15, 0.2) is 0 Å². The third-order valence-corrected chi connectivity index (χ3v) is 4.67. The van der Waals surface area contributed by atoms with Crippen LogP contribution in [-0.4, -0.2) is 42.0 Å². The number of amides is 1. The van der Waals surface area contributed by atoms with E-state index in [-0.39, 0.29) is 5.91 Å². The van der Waals surface area contributed by atoms with Crippen LogP contribution < -0.4 is 9.64 Å². The number of nitrogens with zero attached hydrogens (tertiary/aromatic N) is 3. The number of hydrogen-bond acceptors (Lipinski definition) is 4. The molecule has 0 bridgehead atoms. The minimum atomic E-state index is 0.0728. The number of aromatic nitrogens is 1. The quantitative estimate of drug-likeness (QED) is 0.710. The van der Waals surface area contributed by atoms with E-state index < -0.39 is 0 Å². The predicted octanol–water partition coefficient (Wildman–Crippen LogP) is 3.84. The molecule has 136 valence electrons. The zero-order valence-electron chi connectivity index (χ0n) is 15.0. The van der Waals surface area contributed by atoms with Gasteiger partial charge in [-0.2, -0.15) is 0 Å². The van der Waals surface area contributed by atoms with E-state index in [4.69, 9.17) is 4.74 Å². The summed E-state index contributed by atoms with van der Waals surface area (Å²) in [5.41, 5.74) is 1.84. The zero-order chi connectivity index (χ0) is 18.5. The van der Waals surface area contributed by atoms with E-state index in [1.807, 2.05) is 47.4 Å². The molecule has 0 radical (unpaired) electrons. The Bertz CT molecular complexity index is 874. The molecule has 5 nitrogen and oxygen atoms in total. The van der Waals surface area contributed by atoms with Crippen LogP contribution in [0.3, 0.4) is 0 Å². The van der Waals surface area contributed by atoms with E-state index in [9.17, 15) is 4.79 Å². The van der Waals surface area contributed by atoms with Crippen molar-refractivity contribution in [1.82, 2.24) is 9.88 Å². The maximum absolute atomic E-state index is 12.5. The Labute approximate surface area is 158 Å². The largest absolute Gasteiger partial charge is 0.457 e. The van der Waals surface area contributed by atoms with Crippen LogP contribution in [0.5, 0.6) is 11.5 Å². The smallest absolute Gasteiger partial charge is 0.254 e. The highest BCUT2D eigenvalue weighted by Gasteiger charge is 2.22. The summed E-state index contributed by atoms with van der Waals surface area (Å²) in [5, 5.41) is 0. The van der Waals surface area contributed by atoms with Crippen molar-refractivity contribution in [2.45, 2.75) is 0 Å². The van der Waals surface area contributed by atoms with Gasteiger partial charge in [-0.15, -0.1) is 0 Å². The Balaban J connectivity index is 1.35. The highest BCUT2D eigenvalue weighted by atomic mass is 16.5. The Morgan fingerprint density at radius 3 is 2.07 bits per heavy atom. The topological polar surface area (TPSA) is 45.7 Å². The van der Waals surface area contributed by atoms with Crippen LogP contribution >= 0.6 is 0 Å². The summed E-state index contributed by atoms with van der Waals surface area (Å²) < 4.78 is 5.84. The van der Waals surface area contributed by atoms with Crippen LogP contribution in [0.1, 0.15) is 10.4 Å². The molecule has 4 rings (SSSR count). The lowest BCUT2D eigenvalue weighted by molar-refractivity contribution is 0.0746. The summed E-state index contributed by atoms with van der Waals surface area (Å²) in [4.78, 5) is 20.7. The monoisotopic (exact) mass is 359 g/mol. The molecule has 0 saturated carbocycles. The second-order valence-corrected chi connectivity index (χ2v) is 6.42. The van der Waals surface area contributed by atoms with Crippen LogP contribution in [-0.2, 0) is 0 Å². The molecular weight excluding hydrogens is 338 g/mol. The molecule has 3 aromatic rings. The van der Waals surface area contributed by atoms with Gasteiger partial charge < -0.3 is 14.5 Å². The molecule has 5 heteroatoms.